The summed E-state index contributed by atoms with van der Waals surface area (Å²) in [5.41, 5.74) is 7.33. The number of hydrogen-bond acceptors (Lipinski definition) is 6. The van der Waals surface area contributed by atoms with E-state index < -0.39 is 36.3 Å². The summed E-state index contributed by atoms with van der Waals surface area (Å²) in [7, 11) is 0. The van der Waals surface area contributed by atoms with Gasteiger partial charge in [0.2, 0.25) is 0 Å². The molecular weight excluding hydrogens is 598 g/mol. The predicted octanol–water partition coefficient (Wildman–Crippen LogP) is 4.33. The van der Waals surface area contributed by atoms with Crippen LogP contribution in [0.4, 0.5) is 19.0 Å². The zero-order valence-corrected chi connectivity index (χ0v) is 21.9. The first-order valence-electron chi connectivity index (χ1n) is 11.8. The summed E-state index contributed by atoms with van der Waals surface area (Å²) in [5, 5.41) is 15.0. The Morgan fingerprint density at radius 2 is 1.97 bits per heavy atom. The summed E-state index contributed by atoms with van der Waals surface area (Å²) >= 11 is 1.92. The number of anilines is 1. The van der Waals surface area contributed by atoms with E-state index in [2.05, 4.69) is 20.6 Å². The van der Waals surface area contributed by atoms with Crippen LogP contribution in [0.25, 0.3) is 0 Å². The predicted molar refractivity (Wildman–Crippen MR) is 141 cm³/mol. The van der Waals surface area contributed by atoms with Crippen molar-refractivity contribution >= 4 is 34.3 Å². The molecule has 1 fully saturated rings. The summed E-state index contributed by atoms with van der Waals surface area (Å²) in [5.74, 6) is -1.23. The highest BCUT2D eigenvalue weighted by Gasteiger charge is 2.31. The van der Waals surface area contributed by atoms with Gasteiger partial charge in [-0.15, -0.1) is 0 Å². The SMILES string of the molecule is Nc1ncc([C@@H]2CC[C@@H](O)[C@H](F)C2)nc1CNC(F)[C@@H](NC(=O)c1ccccc1)c1cc(F)cc(I)c1. The van der Waals surface area contributed by atoms with E-state index in [1.807, 2.05) is 22.6 Å². The first kappa shape index (κ1) is 27.3. The van der Waals surface area contributed by atoms with E-state index >= 15 is 4.39 Å². The van der Waals surface area contributed by atoms with Gasteiger partial charge in [0.1, 0.15) is 17.8 Å². The van der Waals surface area contributed by atoms with Gasteiger partial charge < -0.3 is 16.2 Å². The van der Waals surface area contributed by atoms with Crippen molar-refractivity contribution in [2.24, 2.45) is 0 Å². The van der Waals surface area contributed by atoms with Crippen LogP contribution in [0.1, 0.15) is 58.5 Å². The van der Waals surface area contributed by atoms with Gasteiger partial charge in [-0.05, 0) is 77.7 Å². The van der Waals surface area contributed by atoms with Gasteiger partial charge in [-0.1, -0.05) is 18.2 Å². The monoisotopic (exact) mass is 625 g/mol. The van der Waals surface area contributed by atoms with E-state index in [1.54, 1.807) is 36.4 Å². The largest absolute Gasteiger partial charge is 0.390 e. The van der Waals surface area contributed by atoms with Crippen LogP contribution in [0.2, 0.25) is 0 Å². The summed E-state index contributed by atoms with van der Waals surface area (Å²) in [4.78, 5) is 21.4. The number of nitrogens with two attached hydrogens (primary N) is 1. The first-order valence-corrected chi connectivity index (χ1v) is 12.9. The van der Waals surface area contributed by atoms with Gasteiger partial charge >= 0.3 is 0 Å². The van der Waals surface area contributed by atoms with Gasteiger partial charge in [-0.2, -0.15) is 0 Å². The number of carbonyl (C=O) groups is 1. The van der Waals surface area contributed by atoms with E-state index in [9.17, 15) is 18.7 Å². The summed E-state index contributed by atoms with van der Waals surface area (Å²) in [6, 6.07) is 11.2. The molecule has 0 saturated heterocycles. The highest BCUT2D eigenvalue weighted by atomic mass is 127. The van der Waals surface area contributed by atoms with Crippen LogP contribution in [-0.2, 0) is 6.54 Å². The lowest BCUT2D eigenvalue weighted by Gasteiger charge is -2.28. The third-order valence-electron chi connectivity index (χ3n) is 6.38. The minimum absolute atomic E-state index is 0.0845. The van der Waals surface area contributed by atoms with Gasteiger partial charge in [0, 0.05) is 21.6 Å². The number of aliphatic hydroxyl groups excluding tert-OH is 1. The van der Waals surface area contributed by atoms with Gasteiger partial charge in [-0.25, -0.2) is 18.2 Å². The van der Waals surface area contributed by atoms with Gasteiger partial charge in [0.15, 0.2) is 6.30 Å². The summed E-state index contributed by atoms with van der Waals surface area (Å²) in [6.45, 7) is -0.133. The smallest absolute Gasteiger partial charge is 0.251 e. The number of nitrogens with zero attached hydrogens (tertiary/aromatic N) is 2. The number of benzene rings is 2. The molecule has 1 aromatic heterocycles. The third-order valence-corrected chi connectivity index (χ3v) is 7.00. The molecule has 2 aromatic carbocycles. The average Bonchev–Trinajstić information content (AvgIpc) is 2.88. The fraction of sp³-hybridized carbons (Fsp3) is 0.346. The number of hydrogen-bond donors (Lipinski definition) is 4. The highest BCUT2D eigenvalue weighted by Crippen LogP contribution is 2.34. The number of aliphatic hydroxyl groups is 1. The molecule has 11 heteroatoms. The molecule has 0 radical (unpaired) electrons. The zero-order chi connectivity index (χ0) is 26.5. The lowest BCUT2D eigenvalue weighted by atomic mass is 9.84. The number of aromatic nitrogens is 2. The number of rotatable bonds is 8. The molecule has 4 rings (SSSR count). The number of nitrogens with one attached hydrogen (secondary N) is 2. The van der Waals surface area contributed by atoms with Gasteiger partial charge in [0.25, 0.3) is 5.91 Å². The number of nitrogen functional groups attached to an aromatic ring is 1. The minimum Gasteiger partial charge on any atom is -0.390 e. The van der Waals surface area contributed by atoms with Crippen molar-refractivity contribution in [3.05, 3.63) is 86.6 Å². The summed E-state index contributed by atoms with van der Waals surface area (Å²) in [6.07, 6.45) is -1.73. The van der Waals surface area contributed by atoms with E-state index in [0.29, 0.717) is 27.7 Å². The van der Waals surface area contributed by atoms with Crippen LogP contribution >= 0.6 is 22.6 Å². The van der Waals surface area contributed by atoms with Crippen molar-refractivity contribution in [3.63, 3.8) is 0 Å². The van der Waals surface area contributed by atoms with Crippen LogP contribution in [-0.4, -0.2) is 39.6 Å². The number of alkyl halides is 2. The van der Waals surface area contributed by atoms with Crippen LogP contribution < -0.4 is 16.4 Å². The molecule has 196 valence electrons. The lowest BCUT2D eigenvalue weighted by Crippen LogP contribution is -2.41. The molecule has 0 spiro atoms. The Bertz CT molecular complexity index is 1220. The molecule has 0 aliphatic heterocycles. The molecule has 1 unspecified atom stereocenters. The Labute approximate surface area is 226 Å². The minimum atomic E-state index is -1.84. The molecule has 1 amide bonds. The number of halogens is 4. The molecular formula is C26H27F3IN5O2. The van der Waals surface area contributed by atoms with Crippen LogP contribution in [0.15, 0.2) is 54.7 Å². The third kappa shape index (κ3) is 6.96. The maximum Gasteiger partial charge on any atom is 0.251 e. The Balaban J connectivity index is 1.52. The van der Waals surface area contributed by atoms with Crippen molar-refractivity contribution < 1.29 is 23.1 Å². The zero-order valence-electron chi connectivity index (χ0n) is 19.8. The van der Waals surface area contributed by atoms with Gasteiger partial charge in [0.05, 0.1) is 29.7 Å². The Hall–Kier alpha value is -2.77. The second-order valence-electron chi connectivity index (χ2n) is 9.02. The van der Waals surface area contributed by atoms with Crippen molar-refractivity contribution in [3.8, 4) is 0 Å². The Morgan fingerprint density at radius 1 is 1.22 bits per heavy atom. The molecule has 1 heterocycles. The average molecular weight is 625 g/mol. The maximum atomic E-state index is 15.6. The topological polar surface area (TPSA) is 113 Å². The quantitative estimate of drug-likeness (QED) is 0.219. The van der Waals surface area contributed by atoms with Crippen molar-refractivity contribution in [1.82, 2.24) is 20.6 Å². The van der Waals surface area contributed by atoms with E-state index in [0.717, 1.165) is 0 Å². The second-order valence-corrected chi connectivity index (χ2v) is 10.3. The molecule has 7 nitrogen and oxygen atoms in total. The fourth-order valence-electron chi connectivity index (χ4n) is 4.35. The second kappa shape index (κ2) is 12.2. The molecule has 1 aliphatic carbocycles. The first-order chi connectivity index (χ1) is 17.7. The molecule has 5 atom stereocenters. The van der Waals surface area contributed by atoms with Crippen molar-refractivity contribution in [2.45, 2.75) is 56.3 Å². The molecule has 0 bridgehead atoms. The number of carbonyl (C=O) groups excluding carboxylic acids is 1. The van der Waals surface area contributed by atoms with Crippen LogP contribution in [0, 0.1) is 9.39 Å². The van der Waals surface area contributed by atoms with Crippen molar-refractivity contribution in [2.75, 3.05) is 5.73 Å². The van der Waals surface area contributed by atoms with Gasteiger partial charge in [-0.3, -0.25) is 15.1 Å². The summed E-state index contributed by atoms with van der Waals surface area (Å²) < 4.78 is 44.4. The standard InChI is InChI=1S/C26H27F3IN5O2/c27-17-8-16(9-18(30)11-17)23(35-26(37)14-4-2-1-3-5-14)24(29)32-13-21-25(31)33-12-20(34-21)15-6-7-22(36)19(28)10-15/h1-5,8-9,11-12,15,19,22-24,32,36H,6-7,10,13H2,(H2,31,33)(H,35,37)/t15-,19-,22-,23+,24?/m1/s1. The van der Waals surface area contributed by atoms with E-state index in [-0.39, 0.29) is 36.0 Å². The maximum absolute atomic E-state index is 15.6. The molecule has 3 aromatic rings. The van der Waals surface area contributed by atoms with E-state index in [4.69, 9.17) is 5.73 Å². The molecule has 1 aliphatic rings. The lowest BCUT2D eigenvalue weighted by molar-refractivity contribution is 0.0363. The van der Waals surface area contributed by atoms with Crippen molar-refractivity contribution in [1.29, 1.82) is 0 Å². The van der Waals surface area contributed by atoms with Crippen LogP contribution in [0.5, 0.6) is 0 Å². The Morgan fingerprint density at radius 3 is 2.68 bits per heavy atom. The molecule has 37 heavy (non-hydrogen) atoms. The van der Waals surface area contributed by atoms with E-state index in [1.165, 1.54) is 18.3 Å². The molecule has 1 saturated carbocycles. The molecule has 5 N–H and O–H groups in total. The number of amides is 1. The highest BCUT2D eigenvalue weighted by molar-refractivity contribution is 14.1. The Kier molecular flexibility index (Phi) is 8.98. The normalized spacial score (nSPS) is 21.3. The fourth-order valence-corrected chi connectivity index (χ4v) is 5.01. The van der Waals surface area contributed by atoms with Crippen LogP contribution in [0.3, 0.4) is 0 Å².